The van der Waals surface area contributed by atoms with Crippen molar-refractivity contribution in [3.8, 4) is 0 Å². The van der Waals surface area contributed by atoms with Gasteiger partial charge in [-0.3, -0.25) is 14.7 Å². The van der Waals surface area contributed by atoms with E-state index in [0.717, 1.165) is 34.7 Å². The van der Waals surface area contributed by atoms with E-state index in [-0.39, 0.29) is 11.8 Å². The van der Waals surface area contributed by atoms with Crippen LogP contribution in [0.15, 0.2) is 90.6 Å². The lowest BCUT2D eigenvalue weighted by molar-refractivity contribution is -0.117. The van der Waals surface area contributed by atoms with Crippen LogP contribution < -0.4 is 10.6 Å². The molecule has 2 aliphatic rings. The van der Waals surface area contributed by atoms with Gasteiger partial charge >= 0.3 is 0 Å². The van der Waals surface area contributed by atoms with E-state index in [4.69, 9.17) is 4.74 Å². The van der Waals surface area contributed by atoms with Crippen LogP contribution in [-0.4, -0.2) is 35.7 Å². The van der Waals surface area contributed by atoms with Crippen LogP contribution in [0.5, 0.6) is 0 Å². The SMILES string of the molecule is C=C/C=C(\C)C(=O)NC1=Cc2[nH]ncc2C=CC1.C=CCC.CCOC1=CC=C(C(=O)NC)CC=C1. The third kappa shape index (κ3) is 10.9. The number of hydrogen-bond acceptors (Lipinski definition) is 4. The molecule has 1 heterocycles. The molecular formula is C29H38N4O3. The Morgan fingerprint density at radius 3 is 2.53 bits per heavy atom. The average molecular weight is 491 g/mol. The first-order chi connectivity index (χ1) is 17.4. The lowest BCUT2D eigenvalue weighted by atomic mass is 10.1. The Hall–Kier alpha value is -4.13. The number of nitrogens with one attached hydrogen (secondary N) is 3. The third-order valence-corrected chi connectivity index (χ3v) is 4.84. The van der Waals surface area contributed by atoms with E-state index in [1.807, 2.05) is 49.5 Å². The van der Waals surface area contributed by atoms with E-state index >= 15 is 0 Å². The number of aromatic nitrogens is 2. The van der Waals surface area contributed by atoms with Crippen molar-refractivity contribution in [3.63, 3.8) is 0 Å². The third-order valence-electron chi connectivity index (χ3n) is 4.84. The summed E-state index contributed by atoms with van der Waals surface area (Å²) in [6.45, 7) is 13.4. The first-order valence-electron chi connectivity index (χ1n) is 11.9. The molecule has 1 aromatic rings. The van der Waals surface area contributed by atoms with Crippen molar-refractivity contribution in [2.75, 3.05) is 13.7 Å². The second kappa shape index (κ2) is 17.3. The lowest BCUT2D eigenvalue weighted by Crippen LogP contribution is -2.23. The Morgan fingerprint density at radius 2 is 1.89 bits per heavy atom. The monoisotopic (exact) mass is 490 g/mol. The van der Waals surface area contributed by atoms with Gasteiger partial charge in [-0.2, -0.15) is 5.10 Å². The van der Waals surface area contributed by atoms with Gasteiger partial charge in [0.2, 0.25) is 5.91 Å². The van der Waals surface area contributed by atoms with Crippen LogP contribution >= 0.6 is 0 Å². The Kier molecular flexibility index (Phi) is 14.4. The molecule has 0 fully saturated rings. The number of rotatable bonds is 7. The topological polar surface area (TPSA) is 96.1 Å². The number of ether oxygens (including phenoxy) is 1. The highest BCUT2D eigenvalue weighted by Gasteiger charge is 2.10. The maximum atomic E-state index is 11.8. The fourth-order valence-electron chi connectivity index (χ4n) is 2.88. The maximum absolute atomic E-state index is 11.8. The fourth-order valence-corrected chi connectivity index (χ4v) is 2.88. The number of fused-ring (bicyclic) bond motifs is 1. The van der Waals surface area contributed by atoms with Crippen molar-refractivity contribution in [2.24, 2.45) is 0 Å². The number of amides is 2. The molecule has 0 saturated heterocycles. The first-order valence-corrected chi connectivity index (χ1v) is 11.9. The number of H-pyrrole nitrogens is 1. The predicted molar refractivity (Wildman–Crippen MR) is 148 cm³/mol. The molecule has 0 spiro atoms. The van der Waals surface area contributed by atoms with Gasteiger partial charge in [0.05, 0.1) is 18.5 Å². The molecule has 2 amide bonds. The minimum Gasteiger partial charge on any atom is -0.494 e. The Morgan fingerprint density at radius 1 is 1.17 bits per heavy atom. The predicted octanol–water partition coefficient (Wildman–Crippen LogP) is 5.54. The summed E-state index contributed by atoms with van der Waals surface area (Å²) in [5.41, 5.74) is 4.15. The van der Waals surface area contributed by atoms with Crippen LogP contribution in [-0.2, 0) is 14.3 Å². The second-order valence-electron chi connectivity index (χ2n) is 7.63. The highest BCUT2D eigenvalue weighted by Crippen LogP contribution is 2.17. The van der Waals surface area contributed by atoms with Crippen LogP contribution in [0.25, 0.3) is 12.2 Å². The summed E-state index contributed by atoms with van der Waals surface area (Å²) in [4.78, 5) is 23.1. The number of carbonyl (C=O) groups is 2. The van der Waals surface area contributed by atoms with Crippen LogP contribution in [0.3, 0.4) is 0 Å². The molecule has 0 aliphatic heterocycles. The zero-order valence-electron chi connectivity index (χ0n) is 21.8. The van der Waals surface area contributed by atoms with Crippen molar-refractivity contribution in [1.29, 1.82) is 0 Å². The van der Waals surface area contributed by atoms with Crippen LogP contribution in [0.2, 0.25) is 0 Å². The number of allylic oxidation sites excluding steroid dienone is 8. The van der Waals surface area contributed by atoms with E-state index in [0.29, 0.717) is 25.0 Å². The van der Waals surface area contributed by atoms with Crippen LogP contribution in [0.1, 0.15) is 51.3 Å². The molecule has 0 radical (unpaired) electrons. The van der Waals surface area contributed by atoms with Gasteiger partial charge in [0, 0.05) is 35.9 Å². The molecule has 3 N–H and O–H groups in total. The van der Waals surface area contributed by atoms with Gasteiger partial charge in [-0.05, 0) is 51.0 Å². The molecule has 0 saturated carbocycles. The summed E-state index contributed by atoms with van der Waals surface area (Å²) < 4.78 is 5.32. The fraction of sp³-hybridized carbons (Fsp3) is 0.276. The van der Waals surface area contributed by atoms with Gasteiger partial charge in [-0.15, -0.1) is 6.58 Å². The molecule has 192 valence electrons. The normalized spacial score (nSPS) is 13.9. The summed E-state index contributed by atoms with van der Waals surface area (Å²) >= 11 is 0. The summed E-state index contributed by atoms with van der Waals surface area (Å²) in [5.74, 6) is 0.646. The van der Waals surface area contributed by atoms with Crippen molar-refractivity contribution in [3.05, 3.63) is 102 Å². The molecule has 7 heteroatoms. The summed E-state index contributed by atoms with van der Waals surface area (Å²) in [7, 11) is 1.63. The van der Waals surface area contributed by atoms with Gasteiger partial charge in [0.25, 0.3) is 5.91 Å². The minimum atomic E-state index is -0.113. The largest absolute Gasteiger partial charge is 0.494 e. The number of nitrogens with zero attached hydrogens (tertiary/aromatic N) is 1. The molecule has 0 bridgehead atoms. The quantitative estimate of drug-likeness (QED) is 0.266. The number of aromatic amines is 1. The molecule has 3 rings (SSSR count). The van der Waals surface area contributed by atoms with E-state index < -0.39 is 0 Å². The summed E-state index contributed by atoms with van der Waals surface area (Å²) in [6, 6.07) is 0. The zero-order valence-corrected chi connectivity index (χ0v) is 21.8. The molecule has 0 atom stereocenters. The lowest BCUT2D eigenvalue weighted by Gasteiger charge is -2.07. The zero-order chi connectivity index (χ0) is 26.8. The summed E-state index contributed by atoms with van der Waals surface area (Å²) in [5, 5.41) is 12.3. The average Bonchev–Trinajstić information content (AvgIpc) is 3.07. The van der Waals surface area contributed by atoms with Crippen molar-refractivity contribution in [1.82, 2.24) is 20.8 Å². The van der Waals surface area contributed by atoms with E-state index in [2.05, 4.69) is 40.9 Å². The maximum Gasteiger partial charge on any atom is 0.251 e. The molecule has 7 nitrogen and oxygen atoms in total. The molecule has 1 aromatic heterocycles. The second-order valence-corrected chi connectivity index (χ2v) is 7.63. The molecule has 2 aliphatic carbocycles. The highest BCUT2D eigenvalue weighted by atomic mass is 16.5. The van der Waals surface area contributed by atoms with Crippen LogP contribution in [0, 0.1) is 0 Å². The number of likely N-dealkylation sites (N-methyl/N-ethyl adjacent to an activating group) is 1. The Bertz CT molecular complexity index is 1080. The van der Waals surface area contributed by atoms with Crippen molar-refractivity contribution >= 4 is 24.0 Å². The number of carbonyl (C=O) groups excluding carboxylic acids is 2. The highest BCUT2D eigenvalue weighted by molar-refractivity contribution is 5.95. The van der Waals surface area contributed by atoms with E-state index in [1.165, 1.54) is 0 Å². The van der Waals surface area contributed by atoms with Crippen molar-refractivity contribution < 1.29 is 14.3 Å². The Balaban J connectivity index is 0.000000321. The smallest absolute Gasteiger partial charge is 0.251 e. The number of hydrogen-bond donors (Lipinski definition) is 3. The molecular weight excluding hydrogens is 452 g/mol. The minimum absolute atomic E-state index is 0.0383. The van der Waals surface area contributed by atoms with E-state index in [9.17, 15) is 9.59 Å². The molecule has 36 heavy (non-hydrogen) atoms. The summed E-state index contributed by atoms with van der Waals surface area (Å²) in [6.07, 6.45) is 22.7. The van der Waals surface area contributed by atoms with Gasteiger partial charge < -0.3 is 15.4 Å². The van der Waals surface area contributed by atoms with E-state index in [1.54, 1.807) is 38.4 Å². The van der Waals surface area contributed by atoms with Gasteiger partial charge in [0.15, 0.2) is 0 Å². The molecule has 0 aromatic carbocycles. The van der Waals surface area contributed by atoms with Crippen molar-refractivity contribution in [2.45, 2.75) is 40.0 Å². The van der Waals surface area contributed by atoms with Crippen LogP contribution in [0.4, 0.5) is 0 Å². The standard InChI is InChI=1S/C14H15N3O.C11H15NO2.C4H8/c1-3-5-10(2)14(18)16-12-7-4-6-11-9-15-17-13(11)8-12;1-3-14-10-6-4-5-9(7-8-10)11(13)12-2;1-3-4-2/h3-6,8-9H,1,7H2,2H3,(H,15,17)(H,16,18);4,6-8H,3,5H2,1-2H3,(H,12,13);3H,1,4H2,2H3/b10-5+;;. The Labute approximate surface area is 214 Å². The van der Waals surface area contributed by atoms with Gasteiger partial charge in [-0.1, -0.05) is 50.0 Å². The van der Waals surface area contributed by atoms with Gasteiger partial charge in [-0.25, -0.2) is 0 Å². The van der Waals surface area contributed by atoms with Gasteiger partial charge in [0.1, 0.15) is 5.76 Å². The molecule has 0 unspecified atom stereocenters. The first kappa shape index (κ1) is 29.9.